The minimum Gasteiger partial charge on any atom is -0.347 e. The summed E-state index contributed by atoms with van der Waals surface area (Å²) in [6.45, 7) is 2.34. The van der Waals surface area contributed by atoms with Crippen LogP contribution in [0.5, 0.6) is 0 Å². The molecule has 0 aliphatic carbocycles. The minimum atomic E-state index is -0.0913. The van der Waals surface area contributed by atoms with E-state index in [4.69, 9.17) is 11.6 Å². The topological polar surface area (TPSA) is 42.0 Å². The normalized spacial score (nSPS) is 10.6. The number of hydrogen-bond acceptors (Lipinski definition) is 4. The third kappa shape index (κ3) is 3.38. The molecule has 0 bridgehead atoms. The average Bonchev–Trinajstić information content (AvgIpc) is 3.15. The van der Waals surface area contributed by atoms with Crippen LogP contribution in [0.25, 0.3) is 10.6 Å². The van der Waals surface area contributed by atoms with Crippen molar-refractivity contribution in [3.63, 3.8) is 0 Å². The smallest absolute Gasteiger partial charge is 0.263 e. The van der Waals surface area contributed by atoms with Crippen LogP contribution in [0.1, 0.15) is 20.9 Å². The first-order valence-corrected chi connectivity index (χ1v) is 8.80. The number of thiazole rings is 1. The molecule has 0 saturated carbocycles. The molecular formula is C16H13ClN2OS2. The van der Waals surface area contributed by atoms with Gasteiger partial charge >= 0.3 is 0 Å². The molecule has 0 aliphatic rings. The van der Waals surface area contributed by atoms with E-state index in [-0.39, 0.29) is 5.91 Å². The van der Waals surface area contributed by atoms with Crippen molar-refractivity contribution in [3.8, 4) is 10.6 Å². The monoisotopic (exact) mass is 348 g/mol. The fourth-order valence-electron chi connectivity index (χ4n) is 1.98. The lowest BCUT2D eigenvalue weighted by Gasteiger charge is -2.04. The summed E-state index contributed by atoms with van der Waals surface area (Å²) in [6, 6.07) is 9.45. The highest BCUT2D eigenvalue weighted by Gasteiger charge is 2.16. The van der Waals surface area contributed by atoms with Gasteiger partial charge in [-0.1, -0.05) is 23.7 Å². The van der Waals surface area contributed by atoms with Crippen LogP contribution in [-0.4, -0.2) is 10.9 Å². The zero-order valence-electron chi connectivity index (χ0n) is 11.8. The molecule has 3 aromatic rings. The van der Waals surface area contributed by atoms with Crippen molar-refractivity contribution in [2.24, 2.45) is 0 Å². The Bertz CT molecular complexity index is 779. The Hall–Kier alpha value is -1.69. The van der Waals surface area contributed by atoms with Gasteiger partial charge < -0.3 is 5.32 Å². The van der Waals surface area contributed by atoms with Crippen LogP contribution in [0.4, 0.5) is 0 Å². The molecular weight excluding hydrogens is 336 g/mol. The fourth-order valence-corrected chi connectivity index (χ4v) is 3.80. The first-order chi connectivity index (χ1) is 10.6. The van der Waals surface area contributed by atoms with Gasteiger partial charge in [0.25, 0.3) is 5.91 Å². The van der Waals surface area contributed by atoms with E-state index in [1.807, 2.05) is 48.0 Å². The number of halogens is 1. The van der Waals surface area contributed by atoms with Crippen LogP contribution in [-0.2, 0) is 6.54 Å². The minimum absolute atomic E-state index is 0.0913. The van der Waals surface area contributed by atoms with Crippen LogP contribution < -0.4 is 5.32 Å². The van der Waals surface area contributed by atoms with Gasteiger partial charge in [-0.05, 0) is 36.1 Å². The molecule has 6 heteroatoms. The molecule has 22 heavy (non-hydrogen) atoms. The predicted molar refractivity (Wildman–Crippen MR) is 92.8 cm³/mol. The molecule has 0 radical (unpaired) electrons. The lowest BCUT2D eigenvalue weighted by molar-refractivity contribution is 0.0954. The molecule has 0 unspecified atom stereocenters. The molecule has 0 saturated heterocycles. The molecule has 112 valence electrons. The van der Waals surface area contributed by atoms with E-state index in [9.17, 15) is 4.79 Å². The molecule has 0 aliphatic heterocycles. The van der Waals surface area contributed by atoms with E-state index < -0.39 is 0 Å². The van der Waals surface area contributed by atoms with Crippen LogP contribution in [0.2, 0.25) is 5.02 Å². The molecule has 1 aromatic carbocycles. The first kappa shape index (κ1) is 15.2. The molecule has 3 rings (SSSR count). The van der Waals surface area contributed by atoms with Gasteiger partial charge in [-0.15, -0.1) is 11.3 Å². The van der Waals surface area contributed by atoms with Crippen LogP contribution in [0.15, 0.2) is 41.1 Å². The summed E-state index contributed by atoms with van der Waals surface area (Å²) in [7, 11) is 0. The lowest BCUT2D eigenvalue weighted by Crippen LogP contribution is -2.22. The number of amides is 1. The maximum Gasteiger partial charge on any atom is 0.263 e. The number of thiophene rings is 1. The predicted octanol–water partition coefficient (Wildman–Crippen LogP) is 4.76. The summed E-state index contributed by atoms with van der Waals surface area (Å²) < 4.78 is 0. The third-order valence-electron chi connectivity index (χ3n) is 3.14. The molecule has 0 atom stereocenters. The number of hydrogen-bond donors (Lipinski definition) is 1. The van der Waals surface area contributed by atoms with Crippen molar-refractivity contribution in [3.05, 3.63) is 62.2 Å². The van der Waals surface area contributed by atoms with Crippen molar-refractivity contribution in [1.82, 2.24) is 10.3 Å². The van der Waals surface area contributed by atoms with E-state index in [0.717, 1.165) is 21.8 Å². The van der Waals surface area contributed by atoms with E-state index in [1.54, 1.807) is 11.3 Å². The van der Waals surface area contributed by atoms with E-state index in [1.165, 1.54) is 11.3 Å². The van der Waals surface area contributed by atoms with Crippen molar-refractivity contribution in [2.45, 2.75) is 13.5 Å². The number of benzene rings is 1. The number of nitrogens with one attached hydrogen (secondary N) is 1. The van der Waals surface area contributed by atoms with Gasteiger partial charge in [0.2, 0.25) is 0 Å². The third-order valence-corrected chi connectivity index (χ3v) is 5.28. The zero-order chi connectivity index (χ0) is 15.5. The summed E-state index contributed by atoms with van der Waals surface area (Å²) in [6.07, 6.45) is 0. The van der Waals surface area contributed by atoms with E-state index in [2.05, 4.69) is 10.3 Å². The second kappa shape index (κ2) is 6.60. The largest absolute Gasteiger partial charge is 0.347 e. The van der Waals surface area contributed by atoms with Gasteiger partial charge in [0, 0.05) is 22.5 Å². The van der Waals surface area contributed by atoms with Gasteiger partial charge in [0.05, 0.1) is 5.69 Å². The highest BCUT2D eigenvalue weighted by molar-refractivity contribution is 7.17. The van der Waals surface area contributed by atoms with Gasteiger partial charge in [0.15, 0.2) is 0 Å². The van der Waals surface area contributed by atoms with Gasteiger partial charge in [-0.3, -0.25) is 4.79 Å². The standard InChI is InChI=1S/C16H13ClN2OS2/c1-10-14(22-16(19-10)12-6-7-21-9-12)15(20)18-8-11-2-4-13(17)5-3-11/h2-7,9H,8H2,1H3,(H,18,20). The van der Waals surface area contributed by atoms with Gasteiger partial charge in [-0.2, -0.15) is 11.3 Å². The molecule has 0 spiro atoms. The molecule has 3 nitrogen and oxygen atoms in total. The SMILES string of the molecule is Cc1nc(-c2ccsc2)sc1C(=O)NCc1ccc(Cl)cc1. The van der Waals surface area contributed by atoms with Crippen LogP contribution in [0.3, 0.4) is 0 Å². The second-order valence-corrected chi connectivity index (χ2v) is 6.97. The molecule has 0 fully saturated rings. The molecule has 2 heterocycles. The number of aromatic nitrogens is 1. The maximum absolute atomic E-state index is 12.3. The maximum atomic E-state index is 12.3. The average molecular weight is 349 g/mol. The second-order valence-electron chi connectivity index (χ2n) is 4.75. The Kier molecular flexibility index (Phi) is 4.57. The van der Waals surface area contributed by atoms with Crippen molar-refractivity contribution in [1.29, 1.82) is 0 Å². The summed E-state index contributed by atoms with van der Waals surface area (Å²) in [5.74, 6) is -0.0913. The quantitative estimate of drug-likeness (QED) is 0.738. The fraction of sp³-hybridized carbons (Fsp3) is 0.125. The lowest BCUT2D eigenvalue weighted by atomic mass is 10.2. The highest BCUT2D eigenvalue weighted by Crippen LogP contribution is 2.29. The Balaban J connectivity index is 1.71. The number of carbonyl (C=O) groups excluding carboxylic acids is 1. The summed E-state index contributed by atoms with van der Waals surface area (Å²) >= 11 is 8.90. The van der Waals surface area contributed by atoms with Crippen molar-refractivity contribution >= 4 is 40.2 Å². The summed E-state index contributed by atoms with van der Waals surface area (Å²) in [5, 5.41) is 8.54. The van der Waals surface area contributed by atoms with Gasteiger partial charge in [-0.25, -0.2) is 4.98 Å². The summed E-state index contributed by atoms with van der Waals surface area (Å²) in [4.78, 5) is 17.5. The Morgan fingerprint density at radius 3 is 2.73 bits per heavy atom. The van der Waals surface area contributed by atoms with Gasteiger partial charge in [0.1, 0.15) is 9.88 Å². The Morgan fingerprint density at radius 2 is 2.05 bits per heavy atom. The molecule has 2 aromatic heterocycles. The van der Waals surface area contributed by atoms with Crippen LogP contribution in [0, 0.1) is 6.92 Å². The summed E-state index contributed by atoms with van der Waals surface area (Å²) in [5.41, 5.74) is 2.84. The van der Waals surface area contributed by atoms with E-state index in [0.29, 0.717) is 16.4 Å². The molecule has 1 amide bonds. The van der Waals surface area contributed by atoms with Crippen LogP contribution >= 0.6 is 34.3 Å². The number of carbonyl (C=O) groups is 1. The highest BCUT2D eigenvalue weighted by atomic mass is 35.5. The zero-order valence-corrected chi connectivity index (χ0v) is 14.2. The van der Waals surface area contributed by atoms with Crippen molar-refractivity contribution in [2.75, 3.05) is 0 Å². The first-order valence-electron chi connectivity index (χ1n) is 6.66. The van der Waals surface area contributed by atoms with Crippen molar-refractivity contribution < 1.29 is 4.79 Å². The number of aryl methyl sites for hydroxylation is 1. The number of nitrogens with zero attached hydrogens (tertiary/aromatic N) is 1. The number of rotatable bonds is 4. The van der Waals surface area contributed by atoms with E-state index >= 15 is 0 Å². The Labute approximate surface area is 141 Å². The Morgan fingerprint density at radius 1 is 1.27 bits per heavy atom. The molecule has 1 N–H and O–H groups in total.